The van der Waals surface area contributed by atoms with Gasteiger partial charge in [-0.3, -0.25) is 0 Å². The van der Waals surface area contributed by atoms with Crippen molar-refractivity contribution in [2.75, 3.05) is 7.11 Å². The Balaban J connectivity index is 2.53. The van der Waals surface area contributed by atoms with Gasteiger partial charge in [-0.2, -0.15) is 0 Å². The molecule has 0 aliphatic heterocycles. The lowest BCUT2D eigenvalue weighted by Gasteiger charge is -2.01. The van der Waals surface area contributed by atoms with Gasteiger partial charge >= 0.3 is 0 Å². The van der Waals surface area contributed by atoms with E-state index < -0.39 is 0 Å². The predicted molar refractivity (Wildman–Crippen MR) is 51.5 cm³/mol. The highest BCUT2D eigenvalue weighted by atomic mass is 35.5. The molecule has 0 amide bonds. The van der Waals surface area contributed by atoms with E-state index in [1.54, 1.807) is 13.0 Å². The third kappa shape index (κ3) is 2.74. The molecule has 0 heterocycles. The molecule has 0 unspecified atom stereocenters. The van der Waals surface area contributed by atoms with Crippen LogP contribution in [0.5, 0.6) is 5.75 Å². The Hall–Kier alpha value is -0.690. The van der Waals surface area contributed by atoms with Gasteiger partial charge in [0.05, 0.1) is 13.0 Å². The second-order valence-corrected chi connectivity index (χ2v) is 2.85. The van der Waals surface area contributed by atoms with Crippen molar-refractivity contribution in [2.45, 2.75) is 12.8 Å². The average molecular weight is 184 g/mol. The van der Waals surface area contributed by atoms with Crippen LogP contribution >= 0.6 is 11.6 Å². The lowest BCUT2D eigenvalue weighted by molar-refractivity contribution is 0.414. The minimum atomic E-state index is 0.897. The second-order valence-electron chi connectivity index (χ2n) is 2.54. The Morgan fingerprint density at radius 2 is 2.00 bits per heavy atom. The maximum absolute atomic E-state index is 5.46. The Kier molecular flexibility index (Phi) is 3.95. The summed E-state index contributed by atoms with van der Waals surface area (Å²) in [5.41, 5.74) is 1.28. The van der Waals surface area contributed by atoms with Crippen LogP contribution in [-0.2, 0) is 6.42 Å². The molecule has 0 N–H and O–H groups in total. The van der Waals surface area contributed by atoms with Gasteiger partial charge in [-0.25, -0.2) is 0 Å². The maximum Gasteiger partial charge on any atom is 0.118 e. The summed E-state index contributed by atoms with van der Waals surface area (Å²) in [7, 11) is 1.67. The number of aryl methyl sites for hydroxylation is 1. The molecule has 1 radical (unpaired) electrons. The van der Waals surface area contributed by atoms with Crippen molar-refractivity contribution in [3.8, 4) is 5.75 Å². The molecular weight excluding hydrogens is 172 g/mol. The normalized spacial score (nSPS) is 9.83. The molecule has 0 saturated heterocycles. The van der Waals surface area contributed by atoms with E-state index in [1.165, 1.54) is 5.56 Å². The molecular formula is C10H12ClO. The van der Waals surface area contributed by atoms with Crippen LogP contribution in [0.25, 0.3) is 0 Å². The fourth-order valence-corrected chi connectivity index (χ4v) is 1.12. The quantitative estimate of drug-likeness (QED) is 0.698. The van der Waals surface area contributed by atoms with Gasteiger partial charge in [0.15, 0.2) is 0 Å². The lowest BCUT2D eigenvalue weighted by atomic mass is 10.1. The molecule has 1 nitrogen and oxygen atoms in total. The summed E-state index contributed by atoms with van der Waals surface area (Å²) >= 11 is 5.46. The Bertz CT molecular complexity index is 218. The summed E-state index contributed by atoms with van der Waals surface area (Å²) in [5.74, 6) is 2.55. The van der Waals surface area contributed by atoms with Gasteiger partial charge in [-0.1, -0.05) is 12.1 Å². The highest BCUT2D eigenvalue weighted by Gasteiger charge is 1.93. The molecule has 0 saturated carbocycles. The molecule has 1 aromatic rings. The summed E-state index contributed by atoms with van der Waals surface area (Å²) in [6.07, 6.45) is 1.90. The van der Waals surface area contributed by atoms with Crippen molar-refractivity contribution >= 4 is 11.6 Å². The molecule has 0 aromatic heterocycles. The van der Waals surface area contributed by atoms with Crippen molar-refractivity contribution < 1.29 is 4.74 Å². The highest BCUT2D eigenvalue weighted by Crippen LogP contribution is 2.13. The van der Waals surface area contributed by atoms with Crippen LogP contribution in [0.2, 0.25) is 0 Å². The van der Waals surface area contributed by atoms with Gasteiger partial charge in [0.1, 0.15) is 5.75 Å². The Morgan fingerprint density at radius 3 is 2.50 bits per heavy atom. The van der Waals surface area contributed by atoms with E-state index in [-0.39, 0.29) is 0 Å². The first kappa shape index (κ1) is 9.40. The summed E-state index contributed by atoms with van der Waals surface area (Å²) < 4.78 is 5.04. The fraction of sp³-hybridized carbons (Fsp3) is 0.300. The van der Waals surface area contributed by atoms with Gasteiger partial charge < -0.3 is 4.74 Å². The predicted octanol–water partition coefficient (Wildman–Crippen LogP) is 3.03. The molecule has 0 atom stereocenters. The molecule has 65 valence electrons. The molecule has 0 bridgehead atoms. The van der Waals surface area contributed by atoms with Crippen LogP contribution in [0.15, 0.2) is 24.3 Å². The minimum absolute atomic E-state index is 0.897. The zero-order valence-corrected chi connectivity index (χ0v) is 7.84. The first-order valence-corrected chi connectivity index (χ1v) is 4.35. The van der Waals surface area contributed by atoms with E-state index in [0.717, 1.165) is 18.6 Å². The van der Waals surface area contributed by atoms with Crippen LogP contribution < -0.4 is 4.74 Å². The first-order chi connectivity index (χ1) is 5.86. The van der Waals surface area contributed by atoms with Gasteiger partial charge in [0.2, 0.25) is 0 Å². The number of rotatable bonds is 4. The Morgan fingerprint density at radius 1 is 1.33 bits per heavy atom. The summed E-state index contributed by atoms with van der Waals surface area (Å²) in [6, 6.07) is 8.03. The van der Waals surface area contributed by atoms with Gasteiger partial charge in [0, 0.05) is 0 Å². The van der Waals surface area contributed by atoms with Crippen molar-refractivity contribution in [3.05, 3.63) is 35.7 Å². The third-order valence-electron chi connectivity index (χ3n) is 1.70. The monoisotopic (exact) mass is 183 g/mol. The van der Waals surface area contributed by atoms with E-state index in [0.29, 0.717) is 0 Å². The number of ether oxygens (including phenoxy) is 1. The fourth-order valence-electron chi connectivity index (χ4n) is 1.01. The lowest BCUT2D eigenvalue weighted by Crippen LogP contribution is -1.85. The SMILES string of the molecule is COc1ccc(CC[CH]Cl)cc1. The van der Waals surface area contributed by atoms with Gasteiger partial charge in [-0.15, -0.1) is 11.6 Å². The van der Waals surface area contributed by atoms with Crippen LogP contribution in [0.3, 0.4) is 0 Å². The smallest absolute Gasteiger partial charge is 0.118 e. The number of hydrogen-bond donors (Lipinski definition) is 0. The van der Waals surface area contributed by atoms with E-state index in [9.17, 15) is 0 Å². The number of halogens is 1. The zero-order valence-electron chi connectivity index (χ0n) is 7.09. The molecule has 2 heteroatoms. The average Bonchev–Trinajstić information content (AvgIpc) is 2.15. The summed E-state index contributed by atoms with van der Waals surface area (Å²) in [6.45, 7) is 0. The molecule has 12 heavy (non-hydrogen) atoms. The summed E-state index contributed by atoms with van der Waals surface area (Å²) in [4.78, 5) is 0. The molecule has 1 rings (SSSR count). The second kappa shape index (κ2) is 5.04. The van der Waals surface area contributed by atoms with E-state index in [4.69, 9.17) is 16.3 Å². The topological polar surface area (TPSA) is 9.23 Å². The highest BCUT2D eigenvalue weighted by molar-refractivity contribution is 6.23. The molecule has 0 aliphatic carbocycles. The van der Waals surface area contributed by atoms with Crippen LogP contribution in [0.1, 0.15) is 12.0 Å². The molecule has 0 aliphatic rings. The largest absolute Gasteiger partial charge is 0.497 e. The third-order valence-corrected chi connectivity index (χ3v) is 1.92. The minimum Gasteiger partial charge on any atom is -0.497 e. The van der Waals surface area contributed by atoms with Crippen molar-refractivity contribution in [1.82, 2.24) is 0 Å². The van der Waals surface area contributed by atoms with Crippen molar-refractivity contribution in [3.63, 3.8) is 0 Å². The van der Waals surface area contributed by atoms with Crippen LogP contribution in [0.4, 0.5) is 0 Å². The van der Waals surface area contributed by atoms with E-state index in [2.05, 4.69) is 12.1 Å². The standard InChI is InChI=1S/C10H12ClO/c1-12-10-6-4-9(5-7-10)3-2-8-11/h4-8H,2-3H2,1H3. The van der Waals surface area contributed by atoms with Crippen LogP contribution in [-0.4, -0.2) is 7.11 Å². The maximum atomic E-state index is 5.46. The molecule has 1 aromatic carbocycles. The van der Waals surface area contributed by atoms with Crippen molar-refractivity contribution in [1.29, 1.82) is 0 Å². The van der Waals surface area contributed by atoms with Crippen LogP contribution in [0, 0.1) is 5.88 Å². The van der Waals surface area contributed by atoms with Gasteiger partial charge in [-0.05, 0) is 30.5 Å². The van der Waals surface area contributed by atoms with Crippen molar-refractivity contribution in [2.24, 2.45) is 0 Å². The van der Waals surface area contributed by atoms with E-state index >= 15 is 0 Å². The number of methoxy groups -OCH3 is 1. The van der Waals surface area contributed by atoms with E-state index in [1.807, 2.05) is 12.1 Å². The van der Waals surface area contributed by atoms with Gasteiger partial charge in [0.25, 0.3) is 0 Å². The first-order valence-electron chi connectivity index (χ1n) is 3.91. The zero-order chi connectivity index (χ0) is 8.81. The Labute approximate surface area is 78.3 Å². The molecule has 0 spiro atoms. The number of benzene rings is 1. The summed E-state index contributed by atoms with van der Waals surface area (Å²) in [5, 5.41) is 0. The molecule has 0 fully saturated rings. The number of hydrogen-bond acceptors (Lipinski definition) is 1.